The molecule has 1 unspecified atom stereocenters. The lowest BCUT2D eigenvalue weighted by Crippen LogP contribution is -2.40. The van der Waals surface area contributed by atoms with Crippen LogP contribution >= 0.6 is 0 Å². The predicted molar refractivity (Wildman–Crippen MR) is 100 cm³/mol. The molecule has 3 aromatic rings. The Bertz CT molecular complexity index is 955. The highest BCUT2D eigenvalue weighted by atomic mass is 16.6. The van der Waals surface area contributed by atoms with Gasteiger partial charge in [-0.05, 0) is 31.2 Å². The number of nitriles is 1. The summed E-state index contributed by atoms with van der Waals surface area (Å²) in [5.41, 5.74) is 1.22. The number of ether oxygens (including phenoxy) is 1. The van der Waals surface area contributed by atoms with Crippen LogP contribution in [0.3, 0.4) is 0 Å². The number of fused-ring (bicyclic) bond motifs is 1. The van der Waals surface area contributed by atoms with E-state index in [9.17, 15) is 9.59 Å². The van der Waals surface area contributed by atoms with Crippen molar-refractivity contribution in [2.45, 2.75) is 19.4 Å². The van der Waals surface area contributed by atoms with Crippen molar-refractivity contribution in [2.75, 3.05) is 11.4 Å². The van der Waals surface area contributed by atoms with Gasteiger partial charge in [0.05, 0.1) is 12.5 Å². The molecular weight excluding hydrogens is 344 g/mol. The molecule has 6 nitrogen and oxygen atoms in total. The summed E-state index contributed by atoms with van der Waals surface area (Å²) in [5.74, 6) is -1.07. The van der Waals surface area contributed by atoms with E-state index in [0.717, 1.165) is 5.39 Å². The zero-order valence-electron chi connectivity index (χ0n) is 14.8. The van der Waals surface area contributed by atoms with Crippen LogP contribution in [0, 0.1) is 11.3 Å². The number of hydrogen-bond donors (Lipinski definition) is 0. The van der Waals surface area contributed by atoms with E-state index in [1.54, 1.807) is 42.5 Å². The molecule has 0 fully saturated rings. The highest BCUT2D eigenvalue weighted by molar-refractivity contribution is 5.99. The molecule has 1 heterocycles. The maximum absolute atomic E-state index is 12.8. The number of para-hydroxylation sites is 2. The highest BCUT2D eigenvalue weighted by Crippen LogP contribution is 2.21. The van der Waals surface area contributed by atoms with Gasteiger partial charge in [-0.2, -0.15) is 5.26 Å². The third-order valence-electron chi connectivity index (χ3n) is 4.04. The molecule has 0 radical (unpaired) electrons. The van der Waals surface area contributed by atoms with E-state index in [2.05, 4.69) is 0 Å². The number of carbonyl (C=O) groups is 2. The standard InChI is InChI=1S/C21H18N2O4/c1-15(20(24)23(13-7-12-22)17-9-3-2-4-10-17)26-21(25)19-14-16-8-5-6-11-18(16)27-19/h2-6,8-11,14-15H,7,13H2,1H3. The molecule has 0 aliphatic heterocycles. The molecule has 6 heteroatoms. The van der Waals surface area contributed by atoms with Gasteiger partial charge in [-0.25, -0.2) is 4.79 Å². The fourth-order valence-electron chi connectivity index (χ4n) is 2.71. The van der Waals surface area contributed by atoms with E-state index in [1.165, 1.54) is 11.8 Å². The molecule has 27 heavy (non-hydrogen) atoms. The maximum Gasteiger partial charge on any atom is 0.375 e. The second kappa shape index (κ2) is 8.19. The Morgan fingerprint density at radius 3 is 2.56 bits per heavy atom. The molecule has 0 saturated heterocycles. The van der Waals surface area contributed by atoms with Gasteiger partial charge in [0.15, 0.2) is 6.10 Å². The van der Waals surface area contributed by atoms with Crippen LogP contribution in [0.4, 0.5) is 5.69 Å². The molecule has 0 bridgehead atoms. The second-order valence-electron chi connectivity index (χ2n) is 5.93. The van der Waals surface area contributed by atoms with E-state index < -0.39 is 18.0 Å². The number of rotatable bonds is 6. The van der Waals surface area contributed by atoms with Gasteiger partial charge in [0.1, 0.15) is 5.58 Å². The monoisotopic (exact) mass is 362 g/mol. The van der Waals surface area contributed by atoms with E-state index in [4.69, 9.17) is 14.4 Å². The summed E-state index contributed by atoms with van der Waals surface area (Å²) in [5, 5.41) is 9.64. The summed E-state index contributed by atoms with van der Waals surface area (Å²) in [4.78, 5) is 26.6. The third-order valence-corrected chi connectivity index (χ3v) is 4.04. The molecule has 0 aliphatic rings. The zero-order chi connectivity index (χ0) is 19.2. The predicted octanol–water partition coefficient (Wildman–Crippen LogP) is 3.92. The Kier molecular flexibility index (Phi) is 5.53. The molecule has 1 amide bonds. The minimum Gasteiger partial charge on any atom is -0.449 e. The lowest BCUT2D eigenvalue weighted by molar-refractivity contribution is -0.126. The Morgan fingerprint density at radius 2 is 1.85 bits per heavy atom. The average Bonchev–Trinajstić information content (AvgIpc) is 3.13. The van der Waals surface area contributed by atoms with Crippen molar-refractivity contribution in [2.24, 2.45) is 0 Å². The zero-order valence-corrected chi connectivity index (χ0v) is 14.8. The first-order valence-electron chi connectivity index (χ1n) is 8.53. The minimum atomic E-state index is -1.02. The van der Waals surface area contributed by atoms with E-state index >= 15 is 0 Å². The fourth-order valence-corrected chi connectivity index (χ4v) is 2.71. The number of anilines is 1. The minimum absolute atomic E-state index is 0.0409. The summed E-state index contributed by atoms with van der Waals surface area (Å²) >= 11 is 0. The van der Waals surface area contributed by atoms with Crippen LogP contribution < -0.4 is 4.90 Å². The number of furan rings is 1. The van der Waals surface area contributed by atoms with Crippen LogP contribution in [0.2, 0.25) is 0 Å². The molecular formula is C21H18N2O4. The van der Waals surface area contributed by atoms with Gasteiger partial charge < -0.3 is 14.1 Å². The van der Waals surface area contributed by atoms with Crippen molar-refractivity contribution in [1.29, 1.82) is 5.26 Å². The van der Waals surface area contributed by atoms with Crippen molar-refractivity contribution < 1.29 is 18.7 Å². The van der Waals surface area contributed by atoms with E-state index in [1.807, 2.05) is 24.3 Å². The summed E-state index contributed by atoms with van der Waals surface area (Å²) in [6, 6.07) is 19.8. The number of amides is 1. The summed E-state index contributed by atoms with van der Waals surface area (Å²) in [7, 11) is 0. The largest absolute Gasteiger partial charge is 0.449 e. The lowest BCUT2D eigenvalue weighted by Gasteiger charge is -2.24. The van der Waals surface area contributed by atoms with Crippen molar-refractivity contribution in [3.05, 3.63) is 66.4 Å². The van der Waals surface area contributed by atoms with Gasteiger partial charge >= 0.3 is 5.97 Å². The van der Waals surface area contributed by atoms with Gasteiger partial charge in [-0.3, -0.25) is 4.79 Å². The van der Waals surface area contributed by atoms with E-state index in [0.29, 0.717) is 11.3 Å². The second-order valence-corrected chi connectivity index (χ2v) is 5.93. The van der Waals surface area contributed by atoms with E-state index in [-0.39, 0.29) is 18.7 Å². The third kappa shape index (κ3) is 4.15. The first-order valence-corrected chi connectivity index (χ1v) is 8.53. The smallest absolute Gasteiger partial charge is 0.375 e. The Morgan fingerprint density at radius 1 is 1.15 bits per heavy atom. The van der Waals surface area contributed by atoms with Crippen LogP contribution in [0.5, 0.6) is 0 Å². The van der Waals surface area contributed by atoms with Gasteiger partial charge in [0.2, 0.25) is 5.76 Å². The molecule has 0 spiro atoms. The molecule has 2 aromatic carbocycles. The topological polar surface area (TPSA) is 83.5 Å². The van der Waals surface area contributed by atoms with Gasteiger partial charge in [0, 0.05) is 17.6 Å². The van der Waals surface area contributed by atoms with Crippen molar-refractivity contribution >= 4 is 28.5 Å². The van der Waals surface area contributed by atoms with Gasteiger partial charge in [-0.15, -0.1) is 0 Å². The normalized spacial score (nSPS) is 11.6. The number of esters is 1. The summed E-state index contributed by atoms with van der Waals surface area (Å²) in [6.45, 7) is 1.72. The van der Waals surface area contributed by atoms with Crippen LogP contribution in [-0.4, -0.2) is 24.5 Å². The average molecular weight is 362 g/mol. The number of hydrogen-bond acceptors (Lipinski definition) is 5. The first kappa shape index (κ1) is 18.2. The molecule has 0 aliphatic carbocycles. The molecule has 136 valence electrons. The molecule has 0 N–H and O–H groups in total. The maximum atomic E-state index is 12.8. The van der Waals surface area contributed by atoms with Gasteiger partial charge in [-0.1, -0.05) is 36.4 Å². The first-order chi connectivity index (χ1) is 13.1. The molecule has 3 rings (SSSR count). The van der Waals surface area contributed by atoms with Crippen molar-refractivity contribution in [3.63, 3.8) is 0 Å². The molecule has 1 aromatic heterocycles. The Hall–Kier alpha value is -3.59. The quantitative estimate of drug-likeness (QED) is 0.621. The van der Waals surface area contributed by atoms with Crippen molar-refractivity contribution in [3.8, 4) is 6.07 Å². The number of nitrogens with zero attached hydrogens (tertiary/aromatic N) is 2. The molecule has 1 atom stereocenters. The van der Waals surface area contributed by atoms with Crippen LogP contribution in [0.15, 0.2) is 65.1 Å². The van der Waals surface area contributed by atoms with Crippen LogP contribution in [0.1, 0.15) is 23.9 Å². The summed E-state index contributed by atoms with van der Waals surface area (Å²) in [6.07, 6.45) is -0.852. The highest BCUT2D eigenvalue weighted by Gasteiger charge is 2.26. The lowest BCUT2D eigenvalue weighted by atomic mass is 10.2. The van der Waals surface area contributed by atoms with Crippen LogP contribution in [-0.2, 0) is 9.53 Å². The summed E-state index contributed by atoms with van der Waals surface area (Å²) < 4.78 is 10.8. The molecule has 0 saturated carbocycles. The SMILES string of the molecule is CC(OC(=O)c1cc2ccccc2o1)C(=O)N(CCC#N)c1ccccc1. The fraction of sp³-hybridized carbons (Fsp3) is 0.190. The number of carbonyl (C=O) groups excluding carboxylic acids is 2. The Labute approximate surface area is 156 Å². The van der Waals surface area contributed by atoms with Crippen molar-refractivity contribution in [1.82, 2.24) is 0 Å². The Balaban J connectivity index is 1.74. The van der Waals surface area contributed by atoms with Crippen LogP contribution in [0.25, 0.3) is 11.0 Å². The number of benzene rings is 2. The van der Waals surface area contributed by atoms with Gasteiger partial charge in [0.25, 0.3) is 5.91 Å².